The van der Waals surface area contributed by atoms with Gasteiger partial charge in [-0.1, -0.05) is 0 Å². The van der Waals surface area contributed by atoms with Crippen LogP contribution >= 0.6 is 28.3 Å². The number of aromatic nitrogens is 1. The minimum atomic E-state index is 0. The Kier molecular flexibility index (Phi) is 5.06. The van der Waals surface area contributed by atoms with Crippen molar-refractivity contribution in [1.29, 1.82) is 0 Å². The minimum Gasteiger partial charge on any atom is -0.340 e. The molecule has 2 saturated heterocycles. The van der Waals surface area contributed by atoms with Crippen molar-refractivity contribution in [3.63, 3.8) is 0 Å². The molecule has 1 spiro atoms. The SMILES string of the molecule is CC(C)n1cc(Br)cc1C(=O)N1CCC2(CCNC2)C1.Cl. The quantitative estimate of drug-likeness (QED) is 0.861. The standard InChI is InChI=1S/C15H22BrN3O.ClH/c1-11(2)19-8-12(16)7-13(19)14(20)18-6-4-15(10-18)3-5-17-9-15;/h7-8,11,17H,3-6,9-10H2,1-2H3;1H. The number of halogens is 2. The van der Waals surface area contributed by atoms with E-state index in [9.17, 15) is 4.79 Å². The largest absolute Gasteiger partial charge is 0.340 e. The van der Waals surface area contributed by atoms with E-state index in [0.717, 1.165) is 42.8 Å². The molecule has 2 aliphatic rings. The molecule has 6 heteroatoms. The summed E-state index contributed by atoms with van der Waals surface area (Å²) < 4.78 is 3.04. The lowest BCUT2D eigenvalue weighted by molar-refractivity contribution is 0.0763. The molecule has 1 aromatic heterocycles. The molecule has 1 N–H and O–H groups in total. The van der Waals surface area contributed by atoms with Gasteiger partial charge in [-0.2, -0.15) is 0 Å². The first kappa shape index (κ1) is 16.8. The molecule has 1 aromatic rings. The summed E-state index contributed by atoms with van der Waals surface area (Å²) >= 11 is 3.49. The Bertz CT molecular complexity index is 523. The average Bonchev–Trinajstić information content (AvgIpc) is 3.10. The van der Waals surface area contributed by atoms with Crippen molar-refractivity contribution in [1.82, 2.24) is 14.8 Å². The van der Waals surface area contributed by atoms with Gasteiger partial charge in [0.25, 0.3) is 5.91 Å². The number of carbonyl (C=O) groups is 1. The predicted molar refractivity (Wildman–Crippen MR) is 90.2 cm³/mol. The maximum Gasteiger partial charge on any atom is 0.270 e. The number of carbonyl (C=O) groups excluding carboxylic acids is 1. The lowest BCUT2D eigenvalue weighted by atomic mass is 9.87. The van der Waals surface area contributed by atoms with E-state index < -0.39 is 0 Å². The van der Waals surface area contributed by atoms with Crippen LogP contribution in [0.15, 0.2) is 16.7 Å². The molecule has 0 aromatic carbocycles. The lowest BCUT2D eigenvalue weighted by Gasteiger charge is -2.23. The van der Waals surface area contributed by atoms with Gasteiger partial charge in [-0.05, 0) is 55.2 Å². The van der Waals surface area contributed by atoms with Crippen LogP contribution in [-0.2, 0) is 0 Å². The van der Waals surface area contributed by atoms with Gasteiger partial charge in [0, 0.05) is 41.8 Å². The first-order valence-corrected chi connectivity index (χ1v) is 8.17. The summed E-state index contributed by atoms with van der Waals surface area (Å²) in [5.74, 6) is 0.174. The van der Waals surface area contributed by atoms with Crippen LogP contribution < -0.4 is 5.32 Å². The molecule has 1 atom stereocenters. The monoisotopic (exact) mass is 375 g/mol. The highest BCUT2D eigenvalue weighted by Crippen LogP contribution is 2.36. The summed E-state index contributed by atoms with van der Waals surface area (Å²) in [7, 11) is 0. The molecule has 3 rings (SSSR count). The molecule has 4 nitrogen and oxygen atoms in total. The third kappa shape index (κ3) is 3.15. The molecule has 1 amide bonds. The van der Waals surface area contributed by atoms with Crippen LogP contribution in [0.3, 0.4) is 0 Å². The van der Waals surface area contributed by atoms with Crippen LogP contribution in [-0.4, -0.2) is 41.6 Å². The van der Waals surface area contributed by atoms with E-state index in [4.69, 9.17) is 0 Å². The van der Waals surface area contributed by atoms with Crippen LogP contribution in [0.1, 0.15) is 43.2 Å². The average molecular weight is 377 g/mol. The second-order valence-corrected chi connectivity index (χ2v) is 7.36. The zero-order valence-electron chi connectivity index (χ0n) is 12.6. The third-order valence-corrected chi connectivity index (χ3v) is 5.08. The fourth-order valence-corrected chi connectivity index (χ4v) is 3.90. The van der Waals surface area contributed by atoms with Gasteiger partial charge in [-0.15, -0.1) is 12.4 Å². The summed E-state index contributed by atoms with van der Waals surface area (Å²) in [5.41, 5.74) is 1.14. The number of nitrogens with zero attached hydrogens (tertiary/aromatic N) is 2. The van der Waals surface area contributed by atoms with Crippen LogP contribution in [0.25, 0.3) is 0 Å². The molecule has 21 heavy (non-hydrogen) atoms. The lowest BCUT2D eigenvalue weighted by Crippen LogP contribution is -2.34. The number of rotatable bonds is 2. The Labute approximate surface area is 140 Å². The highest BCUT2D eigenvalue weighted by Gasteiger charge is 2.42. The number of amides is 1. The van der Waals surface area contributed by atoms with E-state index in [-0.39, 0.29) is 18.3 Å². The van der Waals surface area contributed by atoms with Gasteiger partial charge < -0.3 is 14.8 Å². The molecular weight excluding hydrogens is 354 g/mol. The first-order valence-electron chi connectivity index (χ1n) is 7.38. The first-order chi connectivity index (χ1) is 9.51. The van der Waals surface area contributed by atoms with E-state index in [1.807, 2.05) is 17.2 Å². The highest BCUT2D eigenvalue weighted by molar-refractivity contribution is 9.10. The molecule has 0 bridgehead atoms. The minimum absolute atomic E-state index is 0. The molecule has 0 saturated carbocycles. The van der Waals surface area contributed by atoms with Crippen LogP contribution in [0.5, 0.6) is 0 Å². The smallest absolute Gasteiger partial charge is 0.270 e. The van der Waals surface area contributed by atoms with Crippen molar-refractivity contribution in [2.75, 3.05) is 26.2 Å². The molecule has 2 aliphatic heterocycles. The van der Waals surface area contributed by atoms with Crippen molar-refractivity contribution < 1.29 is 4.79 Å². The second-order valence-electron chi connectivity index (χ2n) is 6.45. The summed E-state index contributed by atoms with van der Waals surface area (Å²) in [4.78, 5) is 14.8. The van der Waals surface area contributed by atoms with Crippen LogP contribution in [0.4, 0.5) is 0 Å². The Hall–Kier alpha value is -0.520. The Morgan fingerprint density at radius 1 is 1.43 bits per heavy atom. The van der Waals surface area contributed by atoms with Gasteiger partial charge in [-0.3, -0.25) is 4.79 Å². The van der Waals surface area contributed by atoms with Crippen molar-refractivity contribution in [2.24, 2.45) is 5.41 Å². The number of hydrogen-bond acceptors (Lipinski definition) is 2. The predicted octanol–water partition coefficient (Wildman–Crippen LogP) is 3.08. The van der Waals surface area contributed by atoms with Gasteiger partial charge >= 0.3 is 0 Å². The summed E-state index contributed by atoms with van der Waals surface area (Å²) in [6.45, 7) is 8.16. The molecule has 0 radical (unpaired) electrons. The topological polar surface area (TPSA) is 37.3 Å². The number of hydrogen-bond donors (Lipinski definition) is 1. The molecule has 118 valence electrons. The summed E-state index contributed by atoms with van der Waals surface area (Å²) in [6, 6.07) is 2.24. The molecule has 1 unspecified atom stereocenters. The van der Waals surface area contributed by atoms with Gasteiger partial charge in [0.1, 0.15) is 5.69 Å². The molecular formula is C15H23BrClN3O. The fraction of sp³-hybridized carbons (Fsp3) is 0.667. The number of likely N-dealkylation sites (tertiary alicyclic amines) is 1. The van der Waals surface area contributed by atoms with E-state index in [1.165, 1.54) is 6.42 Å². The van der Waals surface area contributed by atoms with Crippen molar-refractivity contribution >= 4 is 34.2 Å². The van der Waals surface area contributed by atoms with Gasteiger partial charge in [0.2, 0.25) is 0 Å². The van der Waals surface area contributed by atoms with E-state index in [2.05, 4.69) is 39.7 Å². The zero-order chi connectivity index (χ0) is 14.3. The Balaban J connectivity index is 0.00000161. The van der Waals surface area contributed by atoms with Gasteiger partial charge in [-0.25, -0.2) is 0 Å². The van der Waals surface area contributed by atoms with Gasteiger partial charge in [0.15, 0.2) is 0 Å². The Morgan fingerprint density at radius 2 is 2.19 bits per heavy atom. The second kappa shape index (κ2) is 6.31. The van der Waals surface area contributed by atoms with Crippen LogP contribution in [0, 0.1) is 5.41 Å². The highest BCUT2D eigenvalue weighted by atomic mass is 79.9. The fourth-order valence-electron chi connectivity index (χ4n) is 3.46. The van der Waals surface area contributed by atoms with Crippen LogP contribution in [0.2, 0.25) is 0 Å². The molecule has 2 fully saturated rings. The number of nitrogens with one attached hydrogen (secondary N) is 1. The van der Waals surface area contributed by atoms with Crippen molar-refractivity contribution in [3.8, 4) is 0 Å². The van der Waals surface area contributed by atoms with Crippen molar-refractivity contribution in [2.45, 2.75) is 32.7 Å². The maximum atomic E-state index is 12.8. The zero-order valence-corrected chi connectivity index (χ0v) is 15.0. The van der Waals surface area contributed by atoms with E-state index in [0.29, 0.717) is 11.5 Å². The van der Waals surface area contributed by atoms with E-state index >= 15 is 0 Å². The maximum absolute atomic E-state index is 12.8. The summed E-state index contributed by atoms with van der Waals surface area (Å²) in [5, 5.41) is 3.44. The Morgan fingerprint density at radius 3 is 2.81 bits per heavy atom. The van der Waals surface area contributed by atoms with Gasteiger partial charge in [0.05, 0.1) is 0 Å². The summed E-state index contributed by atoms with van der Waals surface area (Å²) in [6.07, 6.45) is 4.34. The molecule has 0 aliphatic carbocycles. The third-order valence-electron chi connectivity index (χ3n) is 4.65. The molecule has 3 heterocycles. The normalized spacial score (nSPS) is 24.9. The van der Waals surface area contributed by atoms with E-state index in [1.54, 1.807) is 0 Å². The van der Waals surface area contributed by atoms with Crippen molar-refractivity contribution in [3.05, 3.63) is 22.4 Å².